The first-order chi connectivity index (χ1) is 9.22. The van der Waals surface area contributed by atoms with Crippen molar-refractivity contribution in [3.63, 3.8) is 0 Å². The largest absolute Gasteiger partial charge is 0.423 e. The molecular weight excluding hydrogens is 242 g/mol. The van der Waals surface area contributed by atoms with E-state index in [9.17, 15) is 0 Å². The first-order valence-corrected chi connectivity index (χ1v) is 6.71. The normalized spacial score (nSPS) is 19.7. The number of oxazole rings is 1. The maximum atomic E-state index is 5.74. The number of hydrogen-bond acceptors (Lipinski definition) is 5. The van der Waals surface area contributed by atoms with Gasteiger partial charge in [0.1, 0.15) is 5.52 Å². The Morgan fingerprint density at radius 3 is 3.11 bits per heavy atom. The Morgan fingerprint density at radius 2 is 2.32 bits per heavy atom. The smallest absolute Gasteiger partial charge is 0.298 e. The average molecular weight is 261 g/mol. The lowest BCUT2D eigenvalue weighted by Crippen LogP contribution is -2.33. The molecule has 1 fully saturated rings. The van der Waals surface area contributed by atoms with Gasteiger partial charge in [-0.2, -0.15) is 4.98 Å². The molecule has 3 rings (SSSR count). The summed E-state index contributed by atoms with van der Waals surface area (Å²) < 4.78 is 11.5. The summed E-state index contributed by atoms with van der Waals surface area (Å²) in [5.41, 5.74) is 7.99. The third-order valence-electron chi connectivity index (χ3n) is 3.48. The van der Waals surface area contributed by atoms with Crippen molar-refractivity contribution in [1.29, 1.82) is 0 Å². The summed E-state index contributed by atoms with van der Waals surface area (Å²) in [5, 5.41) is 0. The van der Waals surface area contributed by atoms with Gasteiger partial charge in [-0.3, -0.25) is 0 Å². The van der Waals surface area contributed by atoms with Crippen LogP contribution >= 0.6 is 0 Å². The molecule has 0 radical (unpaired) electrons. The topological polar surface area (TPSA) is 64.5 Å². The molecule has 1 aliphatic rings. The Balaban J connectivity index is 1.75. The van der Waals surface area contributed by atoms with E-state index < -0.39 is 0 Å². The van der Waals surface area contributed by atoms with Gasteiger partial charge in [-0.25, -0.2) is 0 Å². The van der Waals surface area contributed by atoms with E-state index >= 15 is 0 Å². The van der Waals surface area contributed by atoms with Gasteiger partial charge in [-0.15, -0.1) is 0 Å². The highest BCUT2D eigenvalue weighted by molar-refractivity contribution is 5.78. The number of benzene rings is 1. The quantitative estimate of drug-likeness (QED) is 0.860. The van der Waals surface area contributed by atoms with E-state index in [1.807, 2.05) is 24.1 Å². The molecule has 0 amide bonds. The third kappa shape index (κ3) is 2.66. The van der Waals surface area contributed by atoms with Crippen LogP contribution in [0.2, 0.25) is 0 Å². The molecule has 2 N–H and O–H groups in total. The molecule has 1 aromatic heterocycles. The Hall–Kier alpha value is -1.75. The number of nitrogen functional groups attached to an aromatic ring is 1. The molecule has 2 aromatic rings. The molecular formula is C14H19N3O2. The summed E-state index contributed by atoms with van der Waals surface area (Å²) in [4.78, 5) is 6.47. The van der Waals surface area contributed by atoms with Crippen molar-refractivity contribution >= 4 is 22.8 Å². The van der Waals surface area contributed by atoms with E-state index in [2.05, 4.69) is 4.98 Å². The van der Waals surface area contributed by atoms with Crippen molar-refractivity contribution in [2.24, 2.45) is 0 Å². The molecule has 1 atom stereocenters. The fourth-order valence-electron chi connectivity index (χ4n) is 2.43. The fourth-order valence-corrected chi connectivity index (χ4v) is 2.43. The Bertz CT molecular complexity index is 561. The van der Waals surface area contributed by atoms with Gasteiger partial charge >= 0.3 is 0 Å². The van der Waals surface area contributed by atoms with E-state index in [0.717, 1.165) is 30.7 Å². The van der Waals surface area contributed by atoms with E-state index in [1.165, 1.54) is 12.8 Å². The van der Waals surface area contributed by atoms with Crippen LogP contribution in [0.5, 0.6) is 0 Å². The average Bonchev–Trinajstić information content (AvgIpc) is 2.83. The lowest BCUT2D eigenvalue weighted by atomic mass is 10.1. The van der Waals surface area contributed by atoms with Crippen molar-refractivity contribution < 1.29 is 9.15 Å². The maximum absolute atomic E-state index is 5.74. The predicted molar refractivity (Wildman–Crippen MR) is 75.3 cm³/mol. The van der Waals surface area contributed by atoms with Gasteiger partial charge in [0.25, 0.3) is 6.01 Å². The predicted octanol–water partition coefficient (Wildman–Crippen LogP) is 2.42. The summed E-state index contributed by atoms with van der Waals surface area (Å²) in [5.74, 6) is 0. The van der Waals surface area contributed by atoms with Crippen LogP contribution in [0.4, 0.5) is 11.7 Å². The lowest BCUT2D eigenvalue weighted by molar-refractivity contribution is 0.0211. The molecule has 0 aliphatic carbocycles. The number of nitrogens with zero attached hydrogens (tertiary/aromatic N) is 2. The summed E-state index contributed by atoms with van der Waals surface area (Å²) in [6.45, 7) is 1.67. The lowest BCUT2D eigenvalue weighted by Gasteiger charge is -2.26. The molecule has 5 nitrogen and oxygen atoms in total. The highest BCUT2D eigenvalue weighted by atomic mass is 16.5. The summed E-state index contributed by atoms with van der Waals surface area (Å²) in [7, 11) is 1.98. The summed E-state index contributed by atoms with van der Waals surface area (Å²) in [6.07, 6.45) is 3.79. The van der Waals surface area contributed by atoms with Crippen LogP contribution in [0.3, 0.4) is 0 Å². The first kappa shape index (κ1) is 12.3. The van der Waals surface area contributed by atoms with Crippen molar-refractivity contribution in [1.82, 2.24) is 4.98 Å². The van der Waals surface area contributed by atoms with Crippen LogP contribution in [0.25, 0.3) is 11.1 Å². The molecule has 0 saturated carbocycles. The minimum atomic E-state index is 0.277. The SMILES string of the molecule is CN(CC1CCCCO1)c1nc2ccc(N)cc2o1. The Labute approximate surface area is 112 Å². The van der Waals surface area contributed by atoms with Gasteiger partial charge in [0.15, 0.2) is 5.58 Å². The molecule has 19 heavy (non-hydrogen) atoms. The van der Waals surface area contributed by atoms with E-state index in [1.54, 1.807) is 6.07 Å². The van der Waals surface area contributed by atoms with Gasteiger partial charge in [0, 0.05) is 32.0 Å². The van der Waals surface area contributed by atoms with Gasteiger partial charge in [0.2, 0.25) is 0 Å². The fraction of sp³-hybridized carbons (Fsp3) is 0.500. The number of ether oxygens (including phenoxy) is 1. The van der Waals surface area contributed by atoms with Gasteiger partial charge < -0.3 is 19.8 Å². The standard InChI is InChI=1S/C14H19N3O2/c1-17(9-11-4-2-3-7-18-11)14-16-12-6-5-10(15)8-13(12)19-14/h5-6,8,11H,2-4,7,9,15H2,1H3. The monoisotopic (exact) mass is 261 g/mol. The third-order valence-corrected chi connectivity index (χ3v) is 3.48. The maximum Gasteiger partial charge on any atom is 0.298 e. The van der Waals surface area contributed by atoms with Crippen LogP contribution in [0.15, 0.2) is 22.6 Å². The number of anilines is 2. The zero-order chi connectivity index (χ0) is 13.2. The highest BCUT2D eigenvalue weighted by Gasteiger charge is 2.18. The Morgan fingerprint density at radius 1 is 1.42 bits per heavy atom. The van der Waals surface area contributed by atoms with Crippen LogP contribution < -0.4 is 10.6 Å². The van der Waals surface area contributed by atoms with Gasteiger partial charge in [0.05, 0.1) is 6.10 Å². The van der Waals surface area contributed by atoms with Crippen molar-refractivity contribution in [2.45, 2.75) is 25.4 Å². The second-order valence-corrected chi connectivity index (χ2v) is 5.09. The van der Waals surface area contributed by atoms with Gasteiger partial charge in [-0.05, 0) is 31.4 Å². The molecule has 1 aliphatic heterocycles. The molecule has 0 bridgehead atoms. The van der Waals surface area contributed by atoms with E-state index in [-0.39, 0.29) is 6.10 Å². The number of nitrogens with two attached hydrogens (primary N) is 1. The molecule has 5 heteroatoms. The number of aromatic nitrogens is 1. The van der Waals surface area contributed by atoms with Crippen LogP contribution in [-0.4, -0.2) is 31.3 Å². The first-order valence-electron chi connectivity index (χ1n) is 6.71. The molecule has 1 unspecified atom stereocenters. The number of likely N-dealkylation sites (N-methyl/N-ethyl adjacent to an activating group) is 1. The minimum absolute atomic E-state index is 0.277. The molecule has 102 valence electrons. The van der Waals surface area contributed by atoms with Crippen molar-refractivity contribution in [3.05, 3.63) is 18.2 Å². The number of fused-ring (bicyclic) bond motifs is 1. The second kappa shape index (κ2) is 5.09. The zero-order valence-corrected chi connectivity index (χ0v) is 11.1. The second-order valence-electron chi connectivity index (χ2n) is 5.09. The highest BCUT2D eigenvalue weighted by Crippen LogP contribution is 2.24. The Kier molecular flexibility index (Phi) is 3.29. The minimum Gasteiger partial charge on any atom is -0.423 e. The van der Waals surface area contributed by atoms with Crippen LogP contribution in [0.1, 0.15) is 19.3 Å². The van der Waals surface area contributed by atoms with Crippen molar-refractivity contribution in [3.8, 4) is 0 Å². The van der Waals surface area contributed by atoms with Crippen LogP contribution in [-0.2, 0) is 4.74 Å². The number of rotatable bonds is 3. The van der Waals surface area contributed by atoms with E-state index in [0.29, 0.717) is 11.7 Å². The summed E-state index contributed by atoms with van der Waals surface area (Å²) >= 11 is 0. The van der Waals surface area contributed by atoms with Crippen LogP contribution in [0, 0.1) is 0 Å². The van der Waals surface area contributed by atoms with E-state index in [4.69, 9.17) is 14.9 Å². The molecule has 2 heterocycles. The van der Waals surface area contributed by atoms with Gasteiger partial charge in [-0.1, -0.05) is 0 Å². The van der Waals surface area contributed by atoms with Crippen molar-refractivity contribution in [2.75, 3.05) is 30.8 Å². The summed E-state index contributed by atoms with van der Waals surface area (Å²) in [6, 6.07) is 6.13. The molecule has 1 saturated heterocycles. The zero-order valence-electron chi connectivity index (χ0n) is 11.1. The molecule has 0 spiro atoms. The molecule has 1 aromatic carbocycles. The number of hydrogen-bond donors (Lipinski definition) is 1.